The van der Waals surface area contributed by atoms with Gasteiger partial charge in [-0.25, -0.2) is 4.98 Å². The van der Waals surface area contributed by atoms with Crippen molar-refractivity contribution >= 4 is 16.9 Å². The zero-order valence-electron chi connectivity index (χ0n) is 18.3. The Balaban J connectivity index is 1.34. The van der Waals surface area contributed by atoms with E-state index in [0.29, 0.717) is 11.8 Å². The number of fused-ring (bicyclic) bond motifs is 1. The highest BCUT2D eigenvalue weighted by Gasteiger charge is 2.29. The maximum absolute atomic E-state index is 12.9. The quantitative estimate of drug-likeness (QED) is 0.637. The third-order valence-corrected chi connectivity index (χ3v) is 6.06. The molecule has 5 heteroatoms. The second-order valence-electron chi connectivity index (χ2n) is 8.73. The van der Waals surface area contributed by atoms with Crippen LogP contribution in [0.15, 0.2) is 42.5 Å². The summed E-state index contributed by atoms with van der Waals surface area (Å²) in [5.74, 6) is 2.68. The molecule has 0 aliphatic carbocycles. The van der Waals surface area contributed by atoms with Crippen LogP contribution in [0.3, 0.4) is 0 Å². The van der Waals surface area contributed by atoms with Crippen LogP contribution in [0.4, 0.5) is 0 Å². The van der Waals surface area contributed by atoms with E-state index in [1.165, 1.54) is 11.1 Å². The molecule has 1 N–H and O–H groups in total. The molecule has 0 bridgehead atoms. The molecule has 1 amide bonds. The second-order valence-corrected chi connectivity index (χ2v) is 8.73. The van der Waals surface area contributed by atoms with Gasteiger partial charge in [0.05, 0.1) is 11.0 Å². The summed E-state index contributed by atoms with van der Waals surface area (Å²) in [5.41, 5.74) is 4.60. The van der Waals surface area contributed by atoms with E-state index in [0.717, 1.165) is 48.5 Å². The van der Waals surface area contributed by atoms with Crippen molar-refractivity contribution < 1.29 is 9.53 Å². The molecule has 1 aliphatic heterocycles. The lowest BCUT2D eigenvalue weighted by molar-refractivity contribution is -0.139. The van der Waals surface area contributed by atoms with Crippen LogP contribution in [0.25, 0.3) is 11.0 Å². The summed E-state index contributed by atoms with van der Waals surface area (Å²) >= 11 is 0. The number of carbonyl (C=O) groups is 1. The van der Waals surface area contributed by atoms with Crippen LogP contribution in [0.1, 0.15) is 62.4 Å². The molecular weight excluding hydrogens is 374 g/mol. The number of piperidine rings is 1. The van der Waals surface area contributed by atoms with Crippen LogP contribution in [-0.2, 0) is 4.79 Å². The number of carbonyl (C=O) groups excluding carboxylic acids is 1. The number of nitrogens with one attached hydrogen (secondary N) is 1. The zero-order chi connectivity index (χ0) is 21.3. The van der Waals surface area contributed by atoms with Gasteiger partial charge in [-0.3, -0.25) is 4.79 Å². The van der Waals surface area contributed by atoms with Crippen molar-refractivity contribution in [2.45, 2.75) is 58.5 Å². The van der Waals surface area contributed by atoms with E-state index >= 15 is 0 Å². The van der Waals surface area contributed by atoms with Gasteiger partial charge in [0.15, 0.2) is 6.10 Å². The van der Waals surface area contributed by atoms with Gasteiger partial charge in [-0.2, -0.15) is 0 Å². The molecular formula is C25H31N3O2. The van der Waals surface area contributed by atoms with Gasteiger partial charge in [0, 0.05) is 19.0 Å². The van der Waals surface area contributed by atoms with Gasteiger partial charge in [0.1, 0.15) is 11.6 Å². The molecule has 0 saturated carbocycles. The highest BCUT2D eigenvalue weighted by atomic mass is 16.5. The molecule has 3 aromatic rings. The Morgan fingerprint density at radius 3 is 2.47 bits per heavy atom. The first-order valence-corrected chi connectivity index (χ1v) is 10.9. The fraction of sp³-hybridized carbons (Fsp3) is 0.440. The summed E-state index contributed by atoms with van der Waals surface area (Å²) in [6.45, 7) is 9.73. The van der Waals surface area contributed by atoms with E-state index in [-0.39, 0.29) is 5.91 Å². The number of nitrogens with zero attached hydrogens (tertiary/aromatic N) is 2. The Morgan fingerprint density at radius 2 is 1.80 bits per heavy atom. The Labute approximate surface area is 178 Å². The summed E-state index contributed by atoms with van der Waals surface area (Å²) in [6, 6.07) is 14.3. The second kappa shape index (κ2) is 8.50. The molecule has 30 heavy (non-hydrogen) atoms. The molecule has 1 unspecified atom stereocenters. The number of aromatic amines is 1. The van der Waals surface area contributed by atoms with Gasteiger partial charge in [0.25, 0.3) is 5.91 Å². The molecule has 158 valence electrons. The number of rotatable bonds is 5. The fourth-order valence-electron chi connectivity index (χ4n) is 4.15. The highest BCUT2D eigenvalue weighted by molar-refractivity contribution is 5.81. The molecule has 2 aromatic carbocycles. The van der Waals surface area contributed by atoms with Crippen molar-refractivity contribution in [3.8, 4) is 5.75 Å². The number of aryl methyl sites for hydroxylation is 1. The molecule has 2 heterocycles. The average Bonchev–Trinajstić information content (AvgIpc) is 3.17. The molecule has 1 aromatic heterocycles. The van der Waals surface area contributed by atoms with Crippen molar-refractivity contribution in [2.24, 2.45) is 0 Å². The lowest BCUT2D eigenvalue weighted by atomic mass is 9.96. The van der Waals surface area contributed by atoms with Crippen molar-refractivity contribution in [3.63, 3.8) is 0 Å². The van der Waals surface area contributed by atoms with E-state index in [9.17, 15) is 4.79 Å². The molecule has 1 atom stereocenters. The maximum atomic E-state index is 12.9. The van der Waals surface area contributed by atoms with Gasteiger partial charge >= 0.3 is 0 Å². The molecule has 0 spiro atoms. The summed E-state index contributed by atoms with van der Waals surface area (Å²) in [6.07, 6.45) is 1.35. The van der Waals surface area contributed by atoms with Crippen LogP contribution >= 0.6 is 0 Å². The zero-order valence-corrected chi connectivity index (χ0v) is 18.3. The molecule has 1 saturated heterocycles. The number of likely N-dealkylation sites (tertiary alicyclic amines) is 1. The number of amides is 1. The van der Waals surface area contributed by atoms with Gasteiger partial charge in [-0.15, -0.1) is 0 Å². The first-order valence-electron chi connectivity index (χ1n) is 10.9. The molecule has 0 radical (unpaired) electrons. The Morgan fingerprint density at radius 1 is 1.10 bits per heavy atom. The van der Waals surface area contributed by atoms with Gasteiger partial charge < -0.3 is 14.6 Å². The van der Waals surface area contributed by atoms with Gasteiger partial charge in [0.2, 0.25) is 0 Å². The maximum Gasteiger partial charge on any atom is 0.263 e. The number of hydrogen-bond donors (Lipinski definition) is 1. The predicted octanol–water partition coefficient (Wildman–Crippen LogP) is 5.17. The number of ether oxygens (including phenoxy) is 1. The highest BCUT2D eigenvalue weighted by Crippen LogP contribution is 2.28. The monoisotopic (exact) mass is 405 g/mol. The first-order chi connectivity index (χ1) is 14.4. The number of benzene rings is 2. The van der Waals surface area contributed by atoms with E-state index in [2.05, 4.69) is 56.1 Å². The molecule has 4 rings (SSSR count). The lowest BCUT2D eigenvalue weighted by Gasteiger charge is -2.32. The lowest BCUT2D eigenvalue weighted by Crippen LogP contribution is -2.44. The van der Waals surface area contributed by atoms with E-state index < -0.39 is 6.10 Å². The van der Waals surface area contributed by atoms with Crippen LogP contribution in [-0.4, -0.2) is 40.0 Å². The third-order valence-electron chi connectivity index (χ3n) is 6.06. The minimum Gasteiger partial charge on any atom is -0.481 e. The smallest absolute Gasteiger partial charge is 0.263 e. The van der Waals surface area contributed by atoms with Gasteiger partial charge in [-0.1, -0.05) is 32.0 Å². The Kier molecular flexibility index (Phi) is 5.80. The van der Waals surface area contributed by atoms with Crippen molar-refractivity contribution in [2.75, 3.05) is 13.1 Å². The average molecular weight is 406 g/mol. The summed E-state index contributed by atoms with van der Waals surface area (Å²) in [4.78, 5) is 23.1. The summed E-state index contributed by atoms with van der Waals surface area (Å²) < 4.78 is 5.92. The normalized spacial score (nSPS) is 16.2. The minimum atomic E-state index is -0.486. The Hall–Kier alpha value is -2.82. The molecule has 1 fully saturated rings. The minimum absolute atomic E-state index is 0.0571. The van der Waals surface area contributed by atoms with Crippen LogP contribution in [0.5, 0.6) is 5.75 Å². The number of aromatic nitrogens is 2. The van der Waals surface area contributed by atoms with Crippen molar-refractivity contribution in [3.05, 3.63) is 59.4 Å². The molecule has 1 aliphatic rings. The molecule has 5 nitrogen and oxygen atoms in total. The van der Waals surface area contributed by atoms with Crippen molar-refractivity contribution in [1.29, 1.82) is 0 Å². The number of H-pyrrole nitrogens is 1. The SMILES string of the molecule is Cc1ccc2nc(C3CCN(C(=O)C(C)Oc4ccc(C(C)C)cc4)CC3)[nH]c2c1. The summed E-state index contributed by atoms with van der Waals surface area (Å²) in [5, 5.41) is 0. The van der Waals surface area contributed by atoms with E-state index in [1.54, 1.807) is 0 Å². The summed E-state index contributed by atoms with van der Waals surface area (Å²) in [7, 11) is 0. The third kappa shape index (κ3) is 4.35. The number of hydrogen-bond acceptors (Lipinski definition) is 3. The van der Waals surface area contributed by atoms with Crippen LogP contribution in [0, 0.1) is 6.92 Å². The van der Waals surface area contributed by atoms with E-state index in [1.807, 2.05) is 24.0 Å². The topological polar surface area (TPSA) is 58.2 Å². The largest absolute Gasteiger partial charge is 0.481 e. The first kappa shape index (κ1) is 20.5. The number of imidazole rings is 1. The van der Waals surface area contributed by atoms with Crippen molar-refractivity contribution in [1.82, 2.24) is 14.9 Å². The Bertz CT molecular complexity index is 1010. The van der Waals surface area contributed by atoms with Crippen LogP contribution in [0.2, 0.25) is 0 Å². The standard InChI is InChI=1S/C25H31N3O2/c1-16(2)19-6-8-21(9-7-19)30-18(4)25(29)28-13-11-20(12-14-28)24-26-22-10-5-17(3)15-23(22)27-24/h5-10,15-16,18,20H,11-14H2,1-4H3,(H,26,27). The fourth-order valence-corrected chi connectivity index (χ4v) is 4.15. The van der Waals surface area contributed by atoms with E-state index in [4.69, 9.17) is 9.72 Å². The predicted molar refractivity (Wildman–Crippen MR) is 120 cm³/mol. The van der Waals surface area contributed by atoms with Gasteiger partial charge in [-0.05, 0) is 68.0 Å². The van der Waals surface area contributed by atoms with Crippen LogP contribution < -0.4 is 4.74 Å².